The Morgan fingerprint density at radius 3 is 1.83 bits per heavy atom. The molecule has 0 amide bonds. The van der Waals surface area contributed by atoms with Crippen LogP contribution >= 0.6 is 21.1 Å². The summed E-state index contributed by atoms with van der Waals surface area (Å²) in [6.45, 7) is 0. The second-order valence-corrected chi connectivity index (χ2v) is 9.43. The first kappa shape index (κ1) is 9.86. The maximum atomic E-state index is 6.02. The van der Waals surface area contributed by atoms with Gasteiger partial charge in [-0.05, 0) is 41.7 Å². The topological polar surface area (TPSA) is 52.0 Å². The van der Waals surface area contributed by atoms with E-state index < -0.39 is 9.53 Å². The maximum Gasteiger partial charge on any atom is 0.0406 e. The number of thiol groups is 1. The van der Waals surface area contributed by atoms with Gasteiger partial charge in [0.25, 0.3) is 0 Å². The van der Waals surface area contributed by atoms with Crippen LogP contribution in [0, 0.1) is 0 Å². The van der Waals surface area contributed by atoms with Crippen LogP contribution < -0.4 is 10.3 Å². The smallest absolute Gasteiger partial charge is 0.0406 e. The van der Waals surface area contributed by atoms with Gasteiger partial charge in [0.05, 0.1) is 0 Å². The second-order valence-electron chi connectivity index (χ2n) is 3.81. The summed E-state index contributed by atoms with van der Waals surface area (Å²) in [4.78, 5) is 0.991. The Morgan fingerprint density at radius 1 is 1.08 bits per heavy atom. The third kappa shape index (κ3) is 2.38. The minimum atomic E-state index is -2.57. The van der Waals surface area contributed by atoms with Gasteiger partial charge in [0.2, 0.25) is 0 Å². The average Bonchev–Trinajstić information content (AvgIpc) is 1.84. The van der Waals surface area contributed by atoms with Crippen molar-refractivity contribution in [2.75, 3.05) is 12.5 Å². The number of hydrogen-bond donors (Lipinski definition) is 3. The third-order valence-electron chi connectivity index (χ3n) is 1.64. The van der Waals surface area contributed by atoms with Crippen LogP contribution in [0.25, 0.3) is 0 Å². The summed E-state index contributed by atoms with van der Waals surface area (Å²) in [6, 6.07) is 7.40. The summed E-state index contributed by atoms with van der Waals surface area (Å²) >= 11 is 5.74. The van der Waals surface area contributed by atoms with E-state index >= 15 is 0 Å². The maximum absolute atomic E-state index is 6.02. The molecule has 2 nitrogen and oxygen atoms in total. The van der Waals surface area contributed by atoms with Gasteiger partial charge < -0.3 is 0 Å². The Bertz CT molecular complexity index is 277. The van der Waals surface area contributed by atoms with E-state index in [1.165, 1.54) is 0 Å². The molecular weight excluding hydrogens is 192 g/mol. The molecule has 0 unspecified atom stereocenters. The summed E-state index contributed by atoms with van der Waals surface area (Å²) in [7, 11) is -2.57. The molecule has 70 valence electrons. The minimum absolute atomic E-state index is 0.708. The number of halogens is 1. The van der Waals surface area contributed by atoms with E-state index in [-0.39, 0.29) is 0 Å². The van der Waals surface area contributed by atoms with Crippen molar-refractivity contribution in [1.82, 2.24) is 0 Å². The fourth-order valence-electron chi connectivity index (χ4n) is 0.911. The number of nitrogens with two attached hydrogens (primary N) is 2. The SMILES string of the molecule is C[SH](C)(N)(N)c1ccc(Cl)cc1. The van der Waals surface area contributed by atoms with Gasteiger partial charge in [0.1, 0.15) is 0 Å². The predicted octanol–water partition coefficient (Wildman–Crippen LogP) is 1.78. The zero-order chi connectivity index (χ0) is 9.43. The van der Waals surface area contributed by atoms with Crippen LogP contribution in [0.5, 0.6) is 0 Å². The predicted molar refractivity (Wildman–Crippen MR) is 58.9 cm³/mol. The second kappa shape index (κ2) is 2.64. The van der Waals surface area contributed by atoms with Crippen molar-refractivity contribution in [3.63, 3.8) is 0 Å². The molecule has 12 heavy (non-hydrogen) atoms. The van der Waals surface area contributed by atoms with E-state index in [0.717, 1.165) is 4.90 Å². The Morgan fingerprint density at radius 2 is 1.50 bits per heavy atom. The highest BCUT2D eigenvalue weighted by molar-refractivity contribution is 8.45. The lowest BCUT2D eigenvalue weighted by Gasteiger charge is -2.48. The van der Waals surface area contributed by atoms with E-state index in [0.29, 0.717) is 5.02 Å². The van der Waals surface area contributed by atoms with Crippen LogP contribution in [-0.2, 0) is 0 Å². The molecule has 1 aromatic carbocycles. The van der Waals surface area contributed by atoms with E-state index in [1.54, 1.807) is 0 Å². The summed E-state index contributed by atoms with van der Waals surface area (Å²) in [5.41, 5.74) is 0. The van der Waals surface area contributed by atoms with Crippen molar-refractivity contribution < 1.29 is 0 Å². The van der Waals surface area contributed by atoms with Crippen molar-refractivity contribution in [2.45, 2.75) is 4.90 Å². The molecule has 4 N–H and O–H groups in total. The molecule has 0 saturated carbocycles. The molecule has 0 heterocycles. The number of hydrogen-bond acceptors (Lipinski definition) is 2. The number of rotatable bonds is 1. The number of benzene rings is 1. The van der Waals surface area contributed by atoms with Crippen molar-refractivity contribution in [1.29, 1.82) is 0 Å². The van der Waals surface area contributed by atoms with Gasteiger partial charge in [-0.25, -0.2) is 9.53 Å². The van der Waals surface area contributed by atoms with Crippen molar-refractivity contribution in [2.24, 2.45) is 10.3 Å². The molecule has 0 saturated heterocycles. The fraction of sp³-hybridized carbons (Fsp3) is 0.250. The van der Waals surface area contributed by atoms with Crippen LogP contribution in [0.1, 0.15) is 0 Å². The van der Waals surface area contributed by atoms with Crippen LogP contribution in [0.4, 0.5) is 0 Å². The highest BCUT2D eigenvalue weighted by Gasteiger charge is 2.20. The van der Waals surface area contributed by atoms with Crippen LogP contribution in [-0.4, -0.2) is 12.5 Å². The highest BCUT2D eigenvalue weighted by Crippen LogP contribution is 2.54. The zero-order valence-corrected chi connectivity index (χ0v) is 8.94. The van der Waals surface area contributed by atoms with Crippen molar-refractivity contribution in [3.05, 3.63) is 29.3 Å². The van der Waals surface area contributed by atoms with Crippen LogP contribution in [0.3, 0.4) is 0 Å². The Labute approximate surface area is 78.4 Å². The first-order valence-corrected chi connectivity index (χ1v) is 7.29. The fourth-order valence-corrected chi connectivity index (χ4v) is 2.13. The Kier molecular flexibility index (Phi) is 2.17. The summed E-state index contributed by atoms with van der Waals surface area (Å²) in [5.74, 6) is 0. The van der Waals surface area contributed by atoms with E-state index in [2.05, 4.69) is 0 Å². The molecule has 4 heteroatoms. The molecule has 0 aliphatic rings. The highest BCUT2D eigenvalue weighted by atomic mass is 35.5. The standard InChI is InChI=1S/C8H15ClN2S/c1-12(2,10,11)8-5-3-7(9)4-6-8/h3-6,12H,10-11H2,1-2H3. The third-order valence-corrected chi connectivity index (χ3v) is 3.82. The van der Waals surface area contributed by atoms with Gasteiger partial charge >= 0.3 is 0 Å². The first-order chi connectivity index (χ1) is 5.26. The molecule has 1 aromatic rings. The lowest BCUT2D eigenvalue weighted by molar-refractivity contribution is 1.37. The molecule has 0 aromatic heterocycles. The Hall–Kier alpha value is -0.220. The molecule has 0 aliphatic heterocycles. The zero-order valence-electron chi connectivity index (χ0n) is 7.29. The van der Waals surface area contributed by atoms with Gasteiger partial charge in [-0.3, -0.25) is 10.3 Å². The quantitative estimate of drug-likeness (QED) is 0.614. The van der Waals surface area contributed by atoms with Crippen molar-refractivity contribution >= 4 is 21.1 Å². The lowest BCUT2D eigenvalue weighted by Crippen LogP contribution is -2.33. The summed E-state index contributed by atoms with van der Waals surface area (Å²) < 4.78 is 0. The molecular formula is C8H15ClN2S. The van der Waals surface area contributed by atoms with Gasteiger partial charge in [0.15, 0.2) is 0 Å². The van der Waals surface area contributed by atoms with Gasteiger partial charge in [-0.1, -0.05) is 11.6 Å². The van der Waals surface area contributed by atoms with Gasteiger partial charge in [0, 0.05) is 5.02 Å². The Balaban J connectivity index is 3.15. The van der Waals surface area contributed by atoms with E-state index in [9.17, 15) is 0 Å². The monoisotopic (exact) mass is 206 g/mol. The minimum Gasteiger partial charge on any atom is -0.297 e. The molecule has 0 fully saturated rings. The average molecular weight is 207 g/mol. The molecule has 1 rings (SSSR count). The summed E-state index contributed by atoms with van der Waals surface area (Å²) in [6.07, 6.45) is 3.80. The van der Waals surface area contributed by atoms with Crippen LogP contribution in [0.15, 0.2) is 29.2 Å². The molecule has 0 bridgehead atoms. The van der Waals surface area contributed by atoms with Gasteiger partial charge in [-0.2, -0.15) is 0 Å². The van der Waals surface area contributed by atoms with Crippen LogP contribution in [0.2, 0.25) is 5.02 Å². The van der Waals surface area contributed by atoms with Gasteiger partial charge in [-0.15, -0.1) is 0 Å². The molecule has 0 radical (unpaired) electrons. The summed E-state index contributed by atoms with van der Waals surface area (Å²) in [5, 5.41) is 12.7. The first-order valence-electron chi connectivity index (χ1n) is 3.64. The van der Waals surface area contributed by atoms with Crippen molar-refractivity contribution in [3.8, 4) is 0 Å². The lowest BCUT2D eigenvalue weighted by atomic mass is 10.4. The molecule has 0 spiro atoms. The molecule has 0 aliphatic carbocycles. The van der Waals surface area contributed by atoms with E-state index in [1.807, 2.05) is 36.8 Å². The molecule has 0 atom stereocenters. The normalized spacial score (nSPS) is 15.2. The largest absolute Gasteiger partial charge is 0.297 e. The van der Waals surface area contributed by atoms with E-state index in [4.69, 9.17) is 21.9 Å².